The maximum atomic E-state index is 11.2. The summed E-state index contributed by atoms with van der Waals surface area (Å²) in [5.74, 6) is -0.842. The molecule has 1 atom stereocenters. The van der Waals surface area contributed by atoms with Crippen molar-refractivity contribution in [2.45, 2.75) is 13.0 Å². The van der Waals surface area contributed by atoms with E-state index in [0.717, 1.165) is 15.7 Å². The molecule has 0 spiro atoms. The summed E-state index contributed by atoms with van der Waals surface area (Å²) in [6.45, 7) is 3.41. The van der Waals surface area contributed by atoms with E-state index in [1.165, 1.54) is 0 Å². The van der Waals surface area contributed by atoms with Gasteiger partial charge in [0.05, 0.1) is 13.2 Å². The van der Waals surface area contributed by atoms with Crippen LogP contribution in [-0.4, -0.2) is 36.9 Å². The van der Waals surface area contributed by atoms with E-state index in [2.05, 4.69) is 15.9 Å². The van der Waals surface area contributed by atoms with Crippen molar-refractivity contribution >= 4 is 27.6 Å². The third kappa shape index (κ3) is 2.61. The Kier molecular flexibility index (Phi) is 3.69. The highest BCUT2D eigenvalue weighted by molar-refractivity contribution is 9.10. The van der Waals surface area contributed by atoms with Crippen LogP contribution in [0.5, 0.6) is 0 Å². The second kappa shape index (κ2) is 5.06. The number of morpholine rings is 1. The van der Waals surface area contributed by atoms with E-state index < -0.39 is 12.0 Å². The summed E-state index contributed by atoms with van der Waals surface area (Å²) in [5, 5.41) is 9.16. The van der Waals surface area contributed by atoms with Crippen molar-refractivity contribution in [3.63, 3.8) is 0 Å². The topological polar surface area (TPSA) is 49.8 Å². The number of aliphatic carboxylic acids is 1. The second-order valence-electron chi connectivity index (χ2n) is 4.06. The van der Waals surface area contributed by atoms with Gasteiger partial charge in [-0.2, -0.15) is 0 Å². The maximum Gasteiger partial charge on any atom is 0.328 e. The average molecular weight is 300 g/mol. The number of rotatable bonds is 2. The number of carboxylic acid groups (broad SMARTS) is 1. The minimum atomic E-state index is -0.842. The van der Waals surface area contributed by atoms with E-state index in [4.69, 9.17) is 9.84 Å². The molecule has 92 valence electrons. The number of hydrogen-bond donors (Lipinski definition) is 1. The van der Waals surface area contributed by atoms with E-state index in [1.807, 2.05) is 30.0 Å². The van der Waals surface area contributed by atoms with Gasteiger partial charge in [-0.25, -0.2) is 4.79 Å². The van der Waals surface area contributed by atoms with Crippen LogP contribution >= 0.6 is 15.9 Å². The summed E-state index contributed by atoms with van der Waals surface area (Å²) in [6, 6.07) is 5.27. The van der Waals surface area contributed by atoms with Crippen LogP contribution in [0, 0.1) is 6.92 Å². The fourth-order valence-corrected chi connectivity index (χ4v) is 2.17. The zero-order chi connectivity index (χ0) is 12.4. The molecule has 0 aliphatic carbocycles. The highest BCUT2D eigenvalue weighted by atomic mass is 79.9. The molecular formula is C12H14BrNO3. The number of ether oxygens (including phenoxy) is 1. The van der Waals surface area contributed by atoms with Gasteiger partial charge in [0.15, 0.2) is 6.04 Å². The van der Waals surface area contributed by atoms with Gasteiger partial charge in [-0.05, 0) is 30.7 Å². The molecule has 0 radical (unpaired) electrons. The lowest BCUT2D eigenvalue weighted by Gasteiger charge is -2.34. The summed E-state index contributed by atoms with van der Waals surface area (Å²) < 4.78 is 6.25. The zero-order valence-corrected chi connectivity index (χ0v) is 11.1. The summed E-state index contributed by atoms with van der Waals surface area (Å²) in [5.41, 5.74) is 2.03. The lowest BCUT2D eigenvalue weighted by Crippen LogP contribution is -2.50. The number of benzene rings is 1. The number of nitrogens with zero attached hydrogens (tertiary/aromatic N) is 1. The molecule has 1 N–H and O–H groups in total. The predicted molar refractivity (Wildman–Crippen MR) is 68.5 cm³/mol. The Hall–Kier alpha value is -1.07. The summed E-state index contributed by atoms with van der Waals surface area (Å²) in [7, 11) is 0. The van der Waals surface area contributed by atoms with Crippen molar-refractivity contribution < 1.29 is 14.6 Å². The van der Waals surface area contributed by atoms with Crippen molar-refractivity contribution in [3.8, 4) is 0 Å². The first kappa shape index (κ1) is 12.4. The predicted octanol–water partition coefficient (Wildman–Crippen LogP) is 2.05. The monoisotopic (exact) mass is 299 g/mol. The van der Waals surface area contributed by atoms with E-state index in [0.29, 0.717) is 13.2 Å². The Labute approximate surface area is 108 Å². The molecule has 0 aromatic heterocycles. The molecule has 1 unspecified atom stereocenters. The molecule has 0 bridgehead atoms. The molecule has 1 aromatic rings. The molecule has 1 aliphatic rings. The van der Waals surface area contributed by atoms with Crippen LogP contribution in [0.3, 0.4) is 0 Å². The molecule has 1 aliphatic heterocycles. The van der Waals surface area contributed by atoms with Crippen LogP contribution < -0.4 is 4.90 Å². The Bertz CT molecular complexity index is 436. The minimum absolute atomic E-state index is 0.241. The standard InChI is InChI=1S/C12H14BrNO3/c1-8-6-9(2-3-10(8)13)14-4-5-17-7-11(14)12(15)16/h2-3,6,11H,4-5,7H2,1H3,(H,15,16). The first-order chi connectivity index (χ1) is 8.09. The lowest BCUT2D eigenvalue weighted by molar-refractivity contribution is -0.141. The molecule has 5 heteroatoms. The number of anilines is 1. The third-order valence-electron chi connectivity index (χ3n) is 2.89. The molecule has 1 fully saturated rings. The van der Waals surface area contributed by atoms with E-state index in [9.17, 15) is 4.79 Å². The quantitative estimate of drug-likeness (QED) is 0.908. The zero-order valence-electron chi connectivity index (χ0n) is 9.52. The summed E-state index contributed by atoms with van der Waals surface area (Å²) in [4.78, 5) is 13.0. The molecular weight excluding hydrogens is 286 g/mol. The normalized spacial score (nSPS) is 20.4. The number of aryl methyl sites for hydroxylation is 1. The van der Waals surface area contributed by atoms with Crippen LogP contribution in [0.4, 0.5) is 5.69 Å². The van der Waals surface area contributed by atoms with Crippen LogP contribution in [-0.2, 0) is 9.53 Å². The van der Waals surface area contributed by atoms with Gasteiger partial charge >= 0.3 is 5.97 Å². The Morgan fingerprint density at radius 3 is 3.00 bits per heavy atom. The van der Waals surface area contributed by atoms with Gasteiger partial charge in [-0.15, -0.1) is 0 Å². The number of hydrogen-bond acceptors (Lipinski definition) is 3. The van der Waals surface area contributed by atoms with Crippen molar-refractivity contribution in [1.82, 2.24) is 0 Å². The molecule has 4 nitrogen and oxygen atoms in total. The number of halogens is 1. The van der Waals surface area contributed by atoms with Crippen LogP contribution in [0.15, 0.2) is 22.7 Å². The molecule has 0 saturated carbocycles. The van der Waals surface area contributed by atoms with Gasteiger partial charge in [-0.1, -0.05) is 15.9 Å². The molecule has 1 aromatic carbocycles. The molecule has 1 saturated heterocycles. The Morgan fingerprint density at radius 2 is 2.35 bits per heavy atom. The van der Waals surface area contributed by atoms with Gasteiger partial charge < -0.3 is 14.7 Å². The van der Waals surface area contributed by atoms with Gasteiger partial charge in [0, 0.05) is 16.7 Å². The second-order valence-corrected chi connectivity index (χ2v) is 4.91. The van der Waals surface area contributed by atoms with Crippen LogP contribution in [0.1, 0.15) is 5.56 Å². The van der Waals surface area contributed by atoms with Gasteiger partial charge in [0.1, 0.15) is 0 Å². The SMILES string of the molecule is Cc1cc(N2CCOCC2C(=O)O)ccc1Br. The molecule has 17 heavy (non-hydrogen) atoms. The van der Waals surface area contributed by atoms with Crippen molar-refractivity contribution in [2.24, 2.45) is 0 Å². The van der Waals surface area contributed by atoms with Crippen molar-refractivity contribution in [3.05, 3.63) is 28.2 Å². The largest absolute Gasteiger partial charge is 0.480 e. The highest BCUT2D eigenvalue weighted by Gasteiger charge is 2.29. The third-order valence-corrected chi connectivity index (χ3v) is 3.78. The smallest absolute Gasteiger partial charge is 0.328 e. The van der Waals surface area contributed by atoms with Gasteiger partial charge in [0.2, 0.25) is 0 Å². The van der Waals surface area contributed by atoms with Crippen molar-refractivity contribution in [2.75, 3.05) is 24.7 Å². The average Bonchev–Trinajstić information content (AvgIpc) is 2.32. The van der Waals surface area contributed by atoms with E-state index in [1.54, 1.807) is 0 Å². The lowest BCUT2D eigenvalue weighted by atomic mass is 10.1. The summed E-state index contributed by atoms with van der Waals surface area (Å²) >= 11 is 3.44. The Morgan fingerprint density at radius 1 is 1.59 bits per heavy atom. The molecule has 0 amide bonds. The highest BCUT2D eigenvalue weighted by Crippen LogP contribution is 2.25. The van der Waals surface area contributed by atoms with Crippen LogP contribution in [0.2, 0.25) is 0 Å². The van der Waals surface area contributed by atoms with Crippen molar-refractivity contribution in [1.29, 1.82) is 0 Å². The van der Waals surface area contributed by atoms with Gasteiger partial charge in [-0.3, -0.25) is 0 Å². The first-order valence-corrected chi connectivity index (χ1v) is 6.22. The number of carboxylic acids is 1. The van der Waals surface area contributed by atoms with E-state index >= 15 is 0 Å². The van der Waals surface area contributed by atoms with Crippen LogP contribution in [0.25, 0.3) is 0 Å². The Balaban J connectivity index is 2.29. The maximum absolute atomic E-state index is 11.2. The summed E-state index contributed by atoms with van der Waals surface area (Å²) in [6.07, 6.45) is 0. The number of carbonyl (C=O) groups is 1. The fourth-order valence-electron chi connectivity index (χ4n) is 1.92. The molecule has 2 rings (SSSR count). The first-order valence-electron chi connectivity index (χ1n) is 5.43. The molecule has 1 heterocycles. The fraction of sp³-hybridized carbons (Fsp3) is 0.417. The van der Waals surface area contributed by atoms with E-state index in [-0.39, 0.29) is 6.61 Å². The minimum Gasteiger partial charge on any atom is -0.480 e. The van der Waals surface area contributed by atoms with Gasteiger partial charge in [0.25, 0.3) is 0 Å².